The highest BCUT2D eigenvalue weighted by atomic mass is 16.5. The van der Waals surface area contributed by atoms with E-state index in [0.717, 1.165) is 31.1 Å². The van der Waals surface area contributed by atoms with Crippen LogP contribution < -0.4 is 10.6 Å². The number of benzene rings is 1. The van der Waals surface area contributed by atoms with E-state index in [1.165, 1.54) is 0 Å². The Labute approximate surface area is 97.2 Å². The van der Waals surface area contributed by atoms with Gasteiger partial charge in [0.2, 0.25) is 0 Å². The molecule has 0 radical (unpaired) electrons. The van der Waals surface area contributed by atoms with Gasteiger partial charge in [-0.3, -0.25) is 0 Å². The van der Waals surface area contributed by atoms with Crippen LogP contribution in [0.5, 0.6) is 0 Å². The summed E-state index contributed by atoms with van der Waals surface area (Å²) in [6.07, 6.45) is 0. The van der Waals surface area contributed by atoms with Crippen LogP contribution in [0.2, 0.25) is 0 Å². The summed E-state index contributed by atoms with van der Waals surface area (Å²) in [5.74, 6) is 1.28. The van der Waals surface area contributed by atoms with Gasteiger partial charge >= 0.3 is 0 Å². The maximum Gasteiger partial charge on any atom is 0.0600 e. The predicted octanol–water partition coefficient (Wildman–Crippen LogP) is 1.99. The highest BCUT2D eigenvalue weighted by Crippen LogP contribution is 2.31. The Morgan fingerprint density at radius 1 is 1.38 bits per heavy atom. The van der Waals surface area contributed by atoms with Crippen molar-refractivity contribution in [2.24, 2.45) is 11.8 Å². The standard InChI is InChI=1S/C13H20N2O/c1-10-7-15(8-11(10)9-16-2)13-6-4-3-5-12(13)14/h3-6,10-11H,7-9,14H2,1-2H3/t10-,11+/m0/s1. The maximum absolute atomic E-state index is 5.99. The number of para-hydroxylation sites is 2. The van der Waals surface area contributed by atoms with E-state index < -0.39 is 0 Å². The second kappa shape index (κ2) is 4.74. The molecule has 0 amide bonds. The van der Waals surface area contributed by atoms with Gasteiger partial charge < -0.3 is 15.4 Å². The lowest BCUT2D eigenvalue weighted by atomic mass is 10.00. The van der Waals surface area contributed by atoms with E-state index in [1.54, 1.807) is 7.11 Å². The van der Waals surface area contributed by atoms with Crippen molar-refractivity contribution in [3.05, 3.63) is 24.3 Å². The third-order valence-electron chi connectivity index (χ3n) is 3.43. The molecule has 1 aliphatic rings. The number of anilines is 2. The largest absolute Gasteiger partial charge is 0.397 e. The van der Waals surface area contributed by atoms with Crippen LogP contribution in [0.4, 0.5) is 11.4 Å². The van der Waals surface area contributed by atoms with Crippen molar-refractivity contribution in [3.8, 4) is 0 Å². The lowest BCUT2D eigenvalue weighted by Crippen LogP contribution is -2.21. The lowest BCUT2D eigenvalue weighted by molar-refractivity contribution is 0.144. The average molecular weight is 220 g/mol. The maximum atomic E-state index is 5.99. The van der Waals surface area contributed by atoms with E-state index in [-0.39, 0.29) is 0 Å². The molecule has 0 aliphatic carbocycles. The monoisotopic (exact) mass is 220 g/mol. The van der Waals surface area contributed by atoms with Crippen LogP contribution in [0.3, 0.4) is 0 Å². The molecule has 0 saturated carbocycles. The van der Waals surface area contributed by atoms with Crippen LogP contribution in [0.15, 0.2) is 24.3 Å². The van der Waals surface area contributed by atoms with Gasteiger partial charge in [0.1, 0.15) is 0 Å². The summed E-state index contributed by atoms with van der Waals surface area (Å²) in [7, 11) is 1.77. The number of ether oxygens (including phenoxy) is 1. The lowest BCUT2D eigenvalue weighted by Gasteiger charge is -2.20. The molecule has 1 aromatic rings. The molecule has 3 heteroatoms. The third-order valence-corrected chi connectivity index (χ3v) is 3.43. The first kappa shape index (κ1) is 11.3. The van der Waals surface area contributed by atoms with Crippen molar-refractivity contribution in [1.82, 2.24) is 0 Å². The molecule has 16 heavy (non-hydrogen) atoms. The summed E-state index contributed by atoms with van der Waals surface area (Å²) < 4.78 is 5.25. The van der Waals surface area contributed by atoms with Gasteiger partial charge in [-0.15, -0.1) is 0 Å². The first-order valence-corrected chi connectivity index (χ1v) is 5.80. The van der Waals surface area contributed by atoms with Crippen LogP contribution in [-0.4, -0.2) is 26.8 Å². The molecule has 1 aliphatic heterocycles. The molecule has 2 atom stereocenters. The fourth-order valence-corrected chi connectivity index (χ4v) is 2.44. The van der Waals surface area contributed by atoms with Gasteiger partial charge in [-0.2, -0.15) is 0 Å². The molecular weight excluding hydrogens is 200 g/mol. The molecule has 3 nitrogen and oxygen atoms in total. The number of rotatable bonds is 3. The van der Waals surface area contributed by atoms with Crippen molar-refractivity contribution in [3.63, 3.8) is 0 Å². The van der Waals surface area contributed by atoms with Gasteiger partial charge in [-0.05, 0) is 18.1 Å². The molecule has 2 rings (SSSR count). The molecule has 1 aromatic carbocycles. The first-order valence-electron chi connectivity index (χ1n) is 5.80. The van der Waals surface area contributed by atoms with E-state index in [0.29, 0.717) is 11.8 Å². The van der Waals surface area contributed by atoms with Crippen LogP contribution in [0, 0.1) is 11.8 Å². The fourth-order valence-electron chi connectivity index (χ4n) is 2.44. The Morgan fingerprint density at radius 3 is 2.81 bits per heavy atom. The molecule has 0 bridgehead atoms. The minimum atomic E-state index is 0.615. The zero-order valence-electron chi connectivity index (χ0n) is 10.0. The van der Waals surface area contributed by atoms with Crippen LogP contribution in [0.25, 0.3) is 0 Å². The Bertz CT molecular complexity index is 354. The summed E-state index contributed by atoms with van der Waals surface area (Å²) in [5.41, 5.74) is 8.02. The van der Waals surface area contributed by atoms with Crippen LogP contribution in [0.1, 0.15) is 6.92 Å². The topological polar surface area (TPSA) is 38.5 Å². The summed E-state index contributed by atoms with van der Waals surface area (Å²) >= 11 is 0. The van der Waals surface area contributed by atoms with E-state index in [4.69, 9.17) is 10.5 Å². The number of nitrogens with zero attached hydrogens (tertiary/aromatic N) is 1. The highest BCUT2D eigenvalue weighted by molar-refractivity contribution is 5.67. The smallest absolute Gasteiger partial charge is 0.0600 e. The van der Waals surface area contributed by atoms with Gasteiger partial charge in [-0.25, -0.2) is 0 Å². The quantitative estimate of drug-likeness (QED) is 0.792. The normalized spacial score (nSPS) is 25.0. The molecule has 1 saturated heterocycles. The zero-order valence-corrected chi connectivity index (χ0v) is 10.0. The number of nitrogens with two attached hydrogens (primary N) is 1. The van der Waals surface area contributed by atoms with E-state index in [2.05, 4.69) is 17.9 Å². The minimum Gasteiger partial charge on any atom is -0.397 e. The predicted molar refractivity (Wildman–Crippen MR) is 67.6 cm³/mol. The van der Waals surface area contributed by atoms with Gasteiger partial charge in [0, 0.05) is 26.1 Å². The average Bonchev–Trinajstić information content (AvgIpc) is 2.61. The molecule has 0 aromatic heterocycles. The van der Waals surface area contributed by atoms with E-state index >= 15 is 0 Å². The minimum absolute atomic E-state index is 0.615. The third kappa shape index (κ3) is 2.14. The number of hydrogen-bond donors (Lipinski definition) is 1. The Kier molecular flexibility index (Phi) is 3.34. The van der Waals surface area contributed by atoms with E-state index in [9.17, 15) is 0 Å². The number of nitrogen functional groups attached to an aromatic ring is 1. The Hall–Kier alpha value is -1.22. The Balaban J connectivity index is 2.11. The van der Waals surface area contributed by atoms with Gasteiger partial charge in [0.25, 0.3) is 0 Å². The van der Waals surface area contributed by atoms with Gasteiger partial charge in [0.15, 0.2) is 0 Å². The van der Waals surface area contributed by atoms with Crippen LogP contribution in [-0.2, 0) is 4.74 Å². The fraction of sp³-hybridized carbons (Fsp3) is 0.538. The zero-order chi connectivity index (χ0) is 11.5. The van der Waals surface area contributed by atoms with Gasteiger partial charge in [-0.1, -0.05) is 19.1 Å². The molecule has 1 heterocycles. The van der Waals surface area contributed by atoms with Crippen molar-refractivity contribution < 1.29 is 4.74 Å². The highest BCUT2D eigenvalue weighted by Gasteiger charge is 2.30. The molecule has 88 valence electrons. The summed E-state index contributed by atoms with van der Waals surface area (Å²) in [5, 5.41) is 0. The summed E-state index contributed by atoms with van der Waals surface area (Å²) in [4.78, 5) is 2.36. The molecule has 0 unspecified atom stereocenters. The second-order valence-electron chi connectivity index (χ2n) is 4.66. The molecule has 2 N–H and O–H groups in total. The summed E-state index contributed by atoms with van der Waals surface area (Å²) in [6, 6.07) is 8.08. The van der Waals surface area contributed by atoms with Gasteiger partial charge in [0.05, 0.1) is 18.0 Å². The van der Waals surface area contributed by atoms with Crippen molar-refractivity contribution in [2.45, 2.75) is 6.92 Å². The SMILES string of the molecule is COC[C@H]1CN(c2ccccc2N)C[C@@H]1C. The molecule has 1 fully saturated rings. The summed E-state index contributed by atoms with van der Waals surface area (Å²) in [6.45, 7) is 5.23. The van der Waals surface area contributed by atoms with E-state index in [1.807, 2.05) is 18.2 Å². The Morgan fingerprint density at radius 2 is 2.12 bits per heavy atom. The van der Waals surface area contributed by atoms with Crippen molar-refractivity contribution in [1.29, 1.82) is 0 Å². The molecular formula is C13H20N2O. The molecule has 0 spiro atoms. The van der Waals surface area contributed by atoms with Crippen molar-refractivity contribution >= 4 is 11.4 Å². The van der Waals surface area contributed by atoms with Crippen molar-refractivity contribution in [2.75, 3.05) is 37.4 Å². The second-order valence-corrected chi connectivity index (χ2v) is 4.66. The van der Waals surface area contributed by atoms with Crippen LogP contribution >= 0.6 is 0 Å². The number of hydrogen-bond acceptors (Lipinski definition) is 3. The first-order chi connectivity index (χ1) is 7.72. The number of methoxy groups -OCH3 is 1.